The van der Waals surface area contributed by atoms with Crippen molar-refractivity contribution in [1.29, 1.82) is 0 Å². The van der Waals surface area contributed by atoms with Gasteiger partial charge in [-0.1, -0.05) is 60.7 Å². The summed E-state index contributed by atoms with van der Waals surface area (Å²) in [5.41, 5.74) is 11.0. The molecule has 6 nitrogen and oxygen atoms in total. The van der Waals surface area contributed by atoms with Crippen LogP contribution in [0, 0.1) is 6.92 Å². The molecule has 1 aliphatic carbocycles. The van der Waals surface area contributed by atoms with Gasteiger partial charge in [0, 0.05) is 0 Å². The van der Waals surface area contributed by atoms with Crippen LogP contribution in [0.25, 0.3) is 22.0 Å². The lowest BCUT2D eigenvalue weighted by molar-refractivity contribution is -0.126. The first kappa shape index (κ1) is 19.4. The Hall–Kier alpha value is -3.61. The quantitative estimate of drug-likeness (QED) is 0.535. The van der Waals surface area contributed by atoms with Gasteiger partial charge in [0.05, 0.1) is 10.9 Å². The molecule has 0 saturated carbocycles. The number of nitrogens with two attached hydrogens (primary N) is 1. The van der Waals surface area contributed by atoms with Gasteiger partial charge in [0.1, 0.15) is 18.8 Å². The van der Waals surface area contributed by atoms with Crippen LogP contribution in [0.2, 0.25) is 0 Å². The zero-order valence-corrected chi connectivity index (χ0v) is 16.9. The molecule has 5 rings (SSSR count). The number of fused-ring (bicyclic) bond motifs is 4. The highest BCUT2D eigenvalue weighted by atomic mass is 16.5. The van der Waals surface area contributed by atoms with Gasteiger partial charge in [0.2, 0.25) is 5.89 Å². The molecular formula is C25H20N2O4. The molecule has 0 spiro atoms. The first-order valence-electron chi connectivity index (χ1n) is 10.0. The summed E-state index contributed by atoms with van der Waals surface area (Å²) in [5, 5.41) is 0.390. The van der Waals surface area contributed by atoms with Crippen molar-refractivity contribution < 1.29 is 13.9 Å². The third-order valence-electron chi connectivity index (χ3n) is 5.66. The van der Waals surface area contributed by atoms with Crippen LogP contribution in [-0.4, -0.2) is 17.4 Å². The third kappa shape index (κ3) is 3.26. The highest BCUT2D eigenvalue weighted by molar-refractivity contribution is 5.86. The van der Waals surface area contributed by atoms with Crippen LogP contribution in [-0.2, 0) is 9.53 Å². The largest absolute Gasteiger partial charge is 0.406 e. The lowest BCUT2D eigenvalue weighted by Crippen LogP contribution is -2.28. The van der Waals surface area contributed by atoms with Gasteiger partial charge in [-0.05, 0) is 40.8 Å². The number of aryl methyl sites for hydroxylation is 1. The van der Waals surface area contributed by atoms with Gasteiger partial charge in [-0.25, -0.2) is 9.78 Å². The highest BCUT2D eigenvalue weighted by Crippen LogP contribution is 2.45. The number of hydrogen-bond donors (Lipinski definition) is 1. The molecule has 3 aromatic carbocycles. The standard InChI is InChI=1S/C25H20N2O4/c1-14-7-6-12-19-21(14)25(29)31-24(27-19)22(26)20(28)13-30-23-17-10-4-2-8-15(17)16-9-3-5-11-18(16)23/h2-12,22-23H,13,26H2,1H3. The van der Waals surface area contributed by atoms with Crippen LogP contribution in [0.4, 0.5) is 0 Å². The van der Waals surface area contributed by atoms with E-state index in [1.165, 1.54) is 0 Å². The number of aromatic nitrogens is 1. The molecular weight excluding hydrogens is 392 g/mol. The van der Waals surface area contributed by atoms with E-state index < -0.39 is 17.5 Å². The van der Waals surface area contributed by atoms with E-state index in [-0.39, 0.29) is 18.6 Å². The number of hydrogen-bond acceptors (Lipinski definition) is 6. The second-order valence-corrected chi connectivity index (χ2v) is 7.62. The molecule has 1 unspecified atom stereocenters. The van der Waals surface area contributed by atoms with Gasteiger partial charge in [0.25, 0.3) is 0 Å². The summed E-state index contributed by atoms with van der Waals surface area (Å²) >= 11 is 0. The number of ether oxygens (including phenoxy) is 1. The Bertz CT molecular complexity index is 1330. The molecule has 1 aromatic heterocycles. The minimum absolute atomic E-state index is 0.107. The van der Waals surface area contributed by atoms with Gasteiger partial charge >= 0.3 is 5.63 Å². The Balaban J connectivity index is 1.39. The van der Waals surface area contributed by atoms with E-state index in [9.17, 15) is 9.59 Å². The molecule has 1 heterocycles. The first-order valence-corrected chi connectivity index (χ1v) is 10.0. The van der Waals surface area contributed by atoms with Gasteiger partial charge < -0.3 is 14.9 Å². The maximum absolute atomic E-state index is 12.8. The molecule has 0 fully saturated rings. The number of ketones is 1. The molecule has 0 amide bonds. The van der Waals surface area contributed by atoms with Crippen LogP contribution >= 0.6 is 0 Å². The predicted molar refractivity (Wildman–Crippen MR) is 117 cm³/mol. The predicted octanol–water partition coefficient (Wildman–Crippen LogP) is 3.85. The van der Waals surface area contributed by atoms with Crippen molar-refractivity contribution in [2.75, 3.05) is 6.61 Å². The van der Waals surface area contributed by atoms with Crippen LogP contribution in [0.15, 0.2) is 75.9 Å². The number of nitrogens with zero attached hydrogens (tertiary/aromatic N) is 1. The lowest BCUT2D eigenvalue weighted by Gasteiger charge is -2.16. The molecule has 31 heavy (non-hydrogen) atoms. The molecule has 0 saturated heterocycles. The molecule has 0 aliphatic heterocycles. The normalized spacial score (nSPS) is 13.7. The van der Waals surface area contributed by atoms with Crippen molar-refractivity contribution in [2.45, 2.75) is 19.1 Å². The van der Waals surface area contributed by atoms with Crippen molar-refractivity contribution in [3.8, 4) is 11.1 Å². The maximum Gasteiger partial charge on any atom is 0.347 e. The Morgan fingerprint density at radius 2 is 1.68 bits per heavy atom. The number of benzene rings is 3. The van der Waals surface area contributed by atoms with Gasteiger partial charge in [0.15, 0.2) is 5.78 Å². The fourth-order valence-corrected chi connectivity index (χ4v) is 4.11. The van der Waals surface area contributed by atoms with E-state index in [0.29, 0.717) is 10.9 Å². The summed E-state index contributed by atoms with van der Waals surface area (Å²) in [4.78, 5) is 29.5. The van der Waals surface area contributed by atoms with Crippen molar-refractivity contribution in [3.05, 3.63) is 99.7 Å². The summed E-state index contributed by atoms with van der Waals surface area (Å²) < 4.78 is 11.3. The minimum Gasteiger partial charge on any atom is -0.406 e. The lowest BCUT2D eigenvalue weighted by atomic mass is 10.1. The number of carbonyl (C=O) groups excluding carboxylic acids is 1. The summed E-state index contributed by atoms with van der Waals surface area (Å²) in [6.45, 7) is 1.57. The van der Waals surface area contributed by atoms with Crippen molar-refractivity contribution in [3.63, 3.8) is 0 Å². The van der Waals surface area contributed by atoms with Gasteiger partial charge in [-0.2, -0.15) is 0 Å². The molecule has 4 aromatic rings. The van der Waals surface area contributed by atoms with Crippen LogP contribution in [0.5, 0.6) is 0 Å². The molecule has 6 heteroatoms. The number of carbonyl (C=O) groups is 1. The number of Topliss-reactive ketones (excluding diaryl/α,β-unsaturated/α-hetero) is 1. The smallest absolute Gasteiger partial charge is 0.347 e. The Morgan fingerprint density at radius 1 is 1.03 bits per heavy atom. The average molecular weight is 412 g/mol. The summed E-state index contributed by atoms with van der Waals surface area (Å²) in [6.07, 6.45) is -0.359. The van der Waals surface area contributed by atoms with E-state index in [0.717, 1.165) is 27.8 Å². The fraction of sp³-hybridized carbons (Fsp3) is 0.160. The zero-order valence-electron chi connectivity index (χ0n) is 16.9. The first-order chi connectivity index (χ1) is 15.0. The third-order valence-corrected chi connectivity index (χ3v) is 5.66. The van der Waals surface area contributed by atoms with Crippen molar-refractivity contribution in [1.82, 2.24) is 4.98 Å². The minimum atomic E-state index is -1.19. The summed E-state index contributed by atoms with van der Waals surface area (Å²) in [5.74, 6) is -0.520. The van der Waals surface area contributed by atoms with E-state index in [2.05, 4.69) is 4.98 Å². The SMILES string of the molecule is Cc1cccc2nc(C(N)C(=O)COC3c4ccccc4-c4ccccc43)oc(=O)c12. The number of rotatable bonds is 5. The Labute approximate surface area is 178 Å². The van der Waals surface area contributed by atoms with Crippen LogP contribution in [0.1, 0.15) is 34.7 Å². The topological polar surface area (TPSA) is 95.4 Å². The molecule has 1 atom stereocenters. The van der Waals surface area contributed by atoms with Crippen LogP contribution in [0.3, 0.4) is 0 Å². The van der Waals surface area contributed by atoms with Gasteiger partial charge in [-0.15, -0.1) is 0 Å². The Kier molecular flexibility index (Phi) is 4.73. The average Bonchev–Trinajstić information content (AvgIpc) is 3.10. The molecule has 154 valence electrons. The Morgan fingerprint density at radius 3 is 2.35 bits per heavy atom. The fourth-order valence-electron chi connectivity index (χ4n) is 4.11. The molecule has 1 aliphatic rings. The van der Waals surface area contributed by atoms with Crippen molar-refractivity contribution >= 4 is 16.7 Å². The second-order valence-electron chi connectivity index (χ2n) is 7.62. The highest BCUT2D eigenvalue weighted by Gasteiger charge is 2.30. The van der Waals surface area contributed by atoms with Crippen LogP contribution < -0.4 is 11.4 Å². The van der Waals surface area contributed by atoms with Crippen molar-refractivity contribution in [2.24, 2.45) is 5.73 Å². The van der Waals surface area contributed by atoms with E-state index in [1.54, 1.807) is 25.1 Å². The van der Waals surface area contributed by atoms with Gasteiger partial charge in [-0.3, -0.25) is 4.79 Å². The summed E-state index contributed by atoms with van der Waals surface area (Å²) in [6, 6.07) is 20.0. The maximum atomic E-state index is 12.8. The van der Waals surface area contributed by atoms with E-state index in [4.69, 9.17) is 14.9 Å². The monoisotopic (exact) mass is 412 g/mol. The molecule has 0 radical (unpaired) electrons. The second kappa shape index (κ2) is 7.58. The molecule has 2 N–H and O–H groups in total. The van der Waals surface area contributed by atoms with E-state index in [1.807, 2.05) is 48.5 Å². The zero-order chi connectivity index (χ0) is 21.5. The molecule has 0 bridgehead atoms. The summed E-state index contributed by atoms with van der Waals surface area (Å²) in [7, 11) is 0. The van der Waals surface area contributed by atoms with E-state index >= 15 is 0 Å².